The standard InChI is InChI=1S/C17H13NO.2C16H12N2O.C14H12N2/c1-2-8-14(9-3-1)10-4-7-13-17-18-15-11-5-6-12-16(15)19-17;2*1(7-13-8-5-6-12-17-13)4-11-16-18-14-9-2-3-10-15(14)19-16;1-2-7-13(8-3-1)9-4-5-10-14-15-11-6-12-16-14/h1-3,5-6,8-9,11-12H,4,10H2;2*2-3,5-6,8-10,12H,4,11H2;1-3,6-8,11-12H,4,9H2. The highest BCUT2D eigenvalue weighted by molar-refractivity contribution is 5.73. The highest BCUT2D eigenvalue weighted by Gasteiger charge is 2.05. The van der Waals surface area contributed by atoms with Crippen LogP contribution in [0.1, 0.15) is 71.7 Å². The molecule has 6 aromatic heterocycles. The van der Waals surface area contributed by atoms with Gasteiger partial charge in [0.25, 0.3) is 5.89 Å². The molecule has 0 atom stereocenters. The van der Waals surface area contributed by atoms with Crippen LogP contribution in [0.2, 0.25) is 0 Å². The molecular formula is C63H49N7O3. The van der Waals surface area contributed by atoms with Crippen molar-refractivity contribution < 1.29 is 13.3 Å². The molecule has 11 rings (SSSR count). The molecule has 11 aromatic rings. The van der Waals surface area contributed by atoms with E-state index in [2.05, 4.69) is 107 Å². The molecule has 73 heavy (non-hydrogen) atoms. The van der Waals surface area contributed by atoms with Gasteiger partial charge in [0, 0.05) is 63.3 Å². The lowest BCUT2D eigenvalue weighted by molar-refractivity contribution is 0.531. The van der Waals surface area contributed by atoms with Crippen LogP contribution in [0.15, 0.2) is 214 Å². The molecule has 354 valence electrons. The van der Waals surface area contributed by atoms with Crippen LogP contribution in [0.5, 0.6) is 0 Å². The van der Waals surface area contributed by atoms with E-state index in [4.69, 9.17) is 13.3 Å². The maximum absolute atomic E-state index is 5.63. The van der Waals surface area contributed by atoms with Gasteiger partial charge in [-0.25, -0.2) is 34.9 Å². The summed E-state index contributed by atoms with van der Waals surface area (Å²) in [5.41, 5.74) is 9.29. The Morgan fingerprint density at radius 3 is 1.18 bits per heavy atom. The highest BCUT2D eigenvalue weighted by Crippen LogP contribution is 2.17. The Labute approximate surface area is 425 Å². The van der Waals surface area contributed by atoms with Gasteiger partial charge in [0.1, 0.15) is 27.9 Å². The van der Waals surface area contributed by atoms with Gasteiger partial charge in [0.15, 0.2) is 28.5 Å². The number of rotatable bonds is 8. The minimum absolute atomic E-state index is 0.495. The third-order valence-corrected chi connectivity index (χ3v) is 10.4. The lowest BCUT2D eigenvalue weighted by Gasteiger charge is -1.94. The van der Waals surface area contributed by atoms with Crippen molar-refractivity contribution in [2.24, 2.45) is 0 Å². The van der Waals surface area contributed by atoms with Gasteiger partial charge in [-0.3, -0.25) is 0 Å². The summed E-state index contributed by atoms with van der Waals surface area (Å²) in [5, 5.41) is 0. The maximum Gasteiger partial charge on any atom is 0.274 e. The van der Waals surface area contributed by atoms with Gasteiger partial charge in [0.2, 0.25) is 5.82 Å². The Morgan fingerprint density at radius 1 is 0.315 bits per heavy atom. The number of oxazole rings is 3. The lowest BCUT2D eigenvalue weighted by Crippen LogP contribution is -1.85. The van der Waals surface area contributed by atoms with Crippen molar-refractivity contribution in [1.29, 1.82) is 0 Å². The van der Waals surface area contributed by atoms with Crippen molar-refractivity contribution in [3.05, 3.63) is 247 Å². The van der Waals surface area contributed by atoms with Crippen molar-refractivity contribution in [3.8, 4) is 47.4 Å². The second-order valence-corrected chi connectivity index (χ2v) is 15.8. The first-order valence-electron chi connectivity index (χ1n) is 23.9. The van der Waals surface area contributed by atoms with Crippen LogP contribution in [0.25, 0.3) is 33.3 Å². The highest BCUT2D eigenvalue weighted by atomic mass is 16.4. The zero-order chi connectivity index (χ0) is 49.8. The largest absolute Gasteiger partial charge is 0.441 e. The third kappa shape index (κ3) is 16.9. The first kappa shape index (κ1) is 49.5. The van der Waals surface area contributed by atoms with Crippen molar-refractivity contribution in [3.63, 3.8) is 0 Å². The zero-order valence-corrected chi connectivity index (χ0v) is 40.1. The molecule has 0 amide bonds. The molecule has 0 fully saturated rings. The Bertz CT molecular complexity index is 3430. The second kappa shape index (κ2) is 28.0. The van der Waals surface area contributed by atoms with E-state index in [0.29, 0.717) is 37.4 Å². The molecule has 0 aliphatic heterocycles. The predicted molar refractivity (Wildman–Crippen MR) is 286 cm³/mol. The summed E-state index contributed by atoms with van der Waals surface area (Å²) in [6.07, 6.45) is 13.3. The Balaban J connectivity index is 0.000000130. The zero-order valence-electron chi connectivity index (χ0n) is 40.1. The van der Waals surface area contributed by atoms with E-state index in [0.717, 1.165) is 82.2 Å². The number of aromatic nitrogens is 7. The smallest absolute Gasteiger partial charge is 0.274 e. The molecule has 0 aliphatic rings. The van der Waals surface area contributed by atoms with Crippen LogP contribution in [0.4, 0.5) is 0 Å². The summed E-state index contributed by atoms with van der Waals surface area (Å²) in [5.74, 6) is 26.9. The molecule has 0 unspecified atom stereocenters. The van der Waals surface area contributed by atoms with Crippen molar-refractivity contribution in [2.45, 2.75) is 51.4 Å². The van der Waals surface area contributed by atoms with Crippen LogP contribution in [-0.4, -0.2) is 34.9 Å². The van der Waals surface area contributed by atoms with E-state index in [1.807, 2.05) is 146 Å². The number of fused-ring (bicyclic) bond motifs is 3. The molecule has 6 heterocycles. The number of pyridine rings is 2. The molecule has 5 aromatic carbocycles. The molecule has 0 N–H and O–H groups in total. The van der Waals surface area contributed by atoms with Crippen molar-refractivity contribution >= 4 is 33.3 Å². The number of hydrogen-bond donors (Lipinski definition) is 0. The molecular weight excluding hydrogens is 903 g/mol. The molecule has 10 nitrogen and oxygen atoms in total. The molecule has 0 saturated heterocycles. The van der Waals surface area contributed by atoms with Crippen LogP contribution in [0.3, 0.4) is 0 Å². The van der Waals surface area contributed by atoms with Gasteiger partial charge in [-0.2, -0.15) is 0 Å². The van der Waals surface area contributed by atoms with Gasteiger partial charge in [-0.05, 0) is 114 Å². The monoisotopic (exact) mass is 951 g/mol. The lowest BCUT2D eigenvalue weighted by atomic mass is 10.1. The van der Waals surface area contributed by atoms with Gasteiger partial charge in [0.05, 0.1) is 0 Å². The third-order valence-electron chi connectivity index (χ3n) is 10.4. The molecule has 0 aliphatic carbocycles. The molecule has 10 heteroatoms. The topological polar surface area (TPSA) is 130 Å². The van der Waals surface area contributed by atoms with E-state index in [1.165, 1.54) is 11.1 Å². The normalized spacial score (nSPS) is 9.92. The quantitative estimate of drug-likeness (QED) is 0.136. The fourth-order valence-corrected chi connectivity index (χ4v) is 6.84. The summed E-state index contributed by atoms with van der Waals surface area (Å²) >= 11 is 0. The van der Waals surface area contributed by atoms with E-state index in [-0.39, 0.29) is 0 Å². The number of aryl methyl sites for hydroxylation is 4. The second-order valence-electron chi connectivity index (χ2n) is 15.8. The van der Waals surface area contributed by atoms with E-state index >= 15 is 0 Å². The van der Waals surface area contributed by atoms with Crippen LogP contribution in [-0.2, 0) is 25.7 Å². The fraction of sp³-hybridized carbons (Fsp3) is 0.127. The van der Waals surface area contributed by atoms with Crippen LogP contribution >= 0.6 is 0 Å². The average Bonchev–Trinajstić information content (AvgIpc) is 4.20. The number of nitrogens with zero attached hydrogens (tertiary/aromatic N) is 7. The fourth-order valence-electron chi connectivity index (χ4n) is 6.84. The Hall–Kier alpha value is -9.87. The molecule has 0 radical (unpaired) electrons. The summed E-state index contributed by atoms with van der Waals surface area (Å²) in [7, 11) is 0. The SMILES string of the molecule is C(#Cc1ccccn1)CCc1nc2ccccc2o1.C(#Cc1ccccn1)CCc1nc2ccccc2o1.C(#Cc1nc2ccccc2o1)CCc1ccccc1.C(#Cc1ncccn1)CCc1ccccc1. The molecule has 0 spiro atoms. The van der Waals surface area contributed by atoms with Crippen LogP contribution < -0.4 is 0 Å². The molecule has 0 bridgehead atoms. The Kier molecular flexibility index (Phi) is 19.0. The van der Waals surface area contributed by atoms with Gasteiger partial charge >= 0.3 is 0 Å². The number of hydrogen-bond acceptors (Lipinski definition) is 10. The maximum atomic E-state index is 5.63. The molecule has 0 saturated carbocycles. The number of benzene rings is 5. The summed E-state index contributed by atoms with van der Waals surface area (Å²) < 4.78 is 16.8. The first-order valence-corrected chi connectivity index (χ1v) is 23.9. The van der Waals surface area contributed by atoms with Gasteiger partial charge < -0.3 is 13.3 Å². The minimum atomic E-state index is 0.495. The van der Waals surface area contributed by atoms with E-state index < -0.39 is 0 Å². The summed E-state index contributed by atoms with van der Waals surface area (Å²) in [6.45, 7) is 0. The summed E-state index contributed by atoms with van der Waals surface area (Å²) in [6, 6.07) is 57.1. The summed E-state index contributed by atoms with van der Waals surface area (Å²) in [4.78, 5) is 29.5. The van der Waals surface area contributed by atoms with Crippen molar-refractivity contribution in [2.75, 3.05) is 0 Å². The van der Waals surface area contributed by atoms with E-state index in [1.54, 1.807) is 30.9 Å². The Morgan fingerprint density at radius 2 is 0.712 bits per heavy atom. The van der Waals surface area contributed by atoms with Crippen LogP contribution in [0, 0.1) is 47.4 Å². The van der Waals surface area contributed by atoms with Gasteiger partial charge in [-0.15, -0.1) is 0 Å². The van der Waals surface area contributed by atoms with Crippen molar-refractivity contribution in [1.82, 2.24) is 34.9 Å². The number of para-hydroxylation sites is 6. The predicted octanol–water partition coefficient (Wildman–Crippen LogP) is 12.7. The minimum Gasteiger partial charge on any atom is -0.441 e. The first-order chi connectivity index (χ1) is 36.2. The van der Waals surface area contributed by atoms with E-state index in [9.17, 15) is 0 Å². The van der Waals surface area contributed by atoms with Gasteiger partial charge in [-0.1, -0.05) is 133 Å². The average molecular weight is 952 g/mol.